The number of carbonyl (C=O) groups excluding carboxylic acids is 2. The third kappa shape index (κ3) is 4.50. The second-order valence-corrected chi connectivity index (χ2v) is 8.67. The molecule has 0 aromatic rings. The molecule has 0 spiro atoms. The molecule has 1 amide bonds. The SMILES string of the molecule is COC1CCC(CC2(C)CC[C@H](C=O)N2C(=O)OC(C)(C)C)CC1. The zero-order valence-corrected chi connectivity index (χ0v) is 15.8. The summed E-state index contributed by atoms with van der Waals surface area (Å²) in [5.41, 5.74) is -0.844. The molecular weight excluding hydrogens is 306 g/mol. The molecule has 1 saturated carbocycles. The predicted molar refractivity (Wildman–Crippen MR) is 92.9 cm³/mol. The maximum absolute atomic E-state index is 12.7. The van der Waals surface area contributed by atoms with E-state index in [1.165, 1.54) is 0 Å². The lowest BCUT2D eigenvalue weighted by molar-refractivity contribution is -0.113. The number of aldehydes is 1. The van der Waals surface area contributed by atoms with E-state index >= 15 is 0 Å². The minimum atomic E-state index is -0.551. The lowest BCUT2D eigenvalue weighted by atomic mass is 9.78. The fraction of sp³-hybridized carbons (Fsp3) is 0.895. The fourth-order valence-corrected chi connectivity index (χ4v) is 4.30. The minimum absolute atomic E-state index is 0.293. The van der Waals surface area contributed by atoms with Crippen LogP contribution in [0.15, 0.2) is 0 Å². The fourth-order valence-electron chi connectivity index (χ4n) is 4.30. The normalized spacial score (nSPS) is 34.2. The Morgan fingerprint density at radius 1 is 1.21 bits per heavy atom. The molecule has 138 valence electrons. The Morgan fingerprint density at radius 2 is 1.83 bits per heavy atom. The summed E-state index contributed by atoms with van der Waals surface area (Å²) in [4.78, 5) is 25.9. The topological polar surface area (TPSA) is 55.8 Å². The van der Waals surface area contributed by atoms with Crippen LogP contribution in [0.4, 0.5) is 4.79 Å². The molecule has 0 bridgehead atoms. The molecule has 1 saturated heterocycles. The first kappa shape index (κ1) is 19.2. The molecule has 0 aromatic heterocycles. The summed E-state index contributed by atoms with van der Waals surface area (Å²) in [6.07, 6.45) is 7.87. The molecule has 2 atom stereocenters. The Hall–Kier alpha value is -1.10. The van der Waals surface area contributed by atoms with Crippen molar-refractivity contribution in [2.45, 2.75) is 95.9 Å². The average molecular weight is 339 g/mol. The molecule has 5 nitrogen and oxygen atoms in total. The highest BCUT2D eigenvalue weighted by Gasteiger charge is 2.48. The highest BCUT2D eigenvalue weighted by Crippen LogP contribution is 2.42. The smallest absolute Gasteiger partial charge is 0.411 e. The second-order valence-electron chi connectivity index (χ2n) is 8.67. The highest BCUT2D eigenvalue weighted by molar-refractivity contribution is 5.75. The van der Waals surface area contributed by atoms with E-state index in [0.717, 1.165) is 51.2 Å². The van der Waals surface area contributed by atoms with Crippen LogP contribution in [0, 0.1) is 5.92 Å². The van der Waals surface area contributed by atoms with Crippen LogP contribution in [-0.2, 0) is 14.3 Å². The molecular formula is C19H33NO4. The molecule has 0 N–H and O–H groups in total. The van der Waals surface area contributed by atoms with Crippen LogP contribution in [0.25, 0.3) is 0 Å². The van der Waals surface area contributed by atoms with Gasteiger partial charge < -0.3 is 14.3 Å². The Labute approximate surface area is 146 Å². The molecule has 1 aliphatic carbocycles. The van der Waals surface area contributed by atoms with Crippen molar-refractivity contribution in [1.82, 2.24) is 4.90 Å². The van der Waals surface area contributed by atoms with E-state index in [2.05, 4.69) is 6.92 Å². The predicted octanol–water partition coefficient (Wildman–Crippen LogP) is 3.94. The van der Waals surface area contributed by atoms with Crippen molar-refractivity contribution in [3.05, 3.63) is 0 Å². The van der Waals surface area contributed by atoms with Gasteiger partial charge in [0.15, 0.2) is 0 Å². The first-order valence-electron chi connectivity index (χ1n) is 9.19. The molecule has 5 heteroatoms. The van der Waals surface area contributed by atoms with Crippen LogP contribution < -0.4 is 0 Å². The van der Waals surface area contributed by atoms with Crippen LogP contribution in [0.2, 0.25) is 0 Å². The van der Waals surface area contributed by atoms with E-state index in [4.69, 9.17) is 9.47 Å². The number of ether oxygens (including phenoxy) is 2. The summed E-state index contributed by atoms with van der Waals surface area (Å²) in [5.74, 6) is 0.580. The standard InChI is InChI=1S/C19H33NO4/c1-18(2,3)24-17(22)20-15(13-21)10-11-19(20,4)12-14-6-8-16(23-5)9-7-14/h13-16H,6-12H2,1-5H3/t14?,15-,16?,19?/m1/s1. The third-order valence-electron chi connectivity index (χ3n) is 5.49. The largest absolute Gasteiger partial charge is 0.444 e. The Morgan fingerprint density at radius 3 is 2.33 bits per heavy atom. The van der Waals surface area contributed by atoms with E-state index in [1.807, 2.05) is 20.8 Å². The van der Waals surface area contributed by atoms with Crippen molar-refractivity contribution in [1.29, 1.82) is 0 Å². The Balaban J connectivity index is 2.07. The maximum atomic E-state index is 12.7. The van der Waals surface area contributed by atoms with Crippen LogP contribution in [0.5, 0.6) is 0 Å². The van der Waals surface area contributed by atoms with Crippen LogP contribution in [0.1, 0.15) is 72.6 Å². The van der Waals surface area contributed by atoms with Crippen LogP contribution >= 0.6 is 0 Å². The minimum Gasteiger partial charge on any atom is -0.444 e. The Kier molecular flexibility index (Phi) is 5.95. The van der Waals surface area contributed by atoms with Gasteiger partial charge in [0.1, 0.15) is 11.9 Å². The first-order chi connectivity index (χ1) is 11.2. The van der Waals surface area contributed by atoms with Gasteiger partial charge in [-0.05, 0) is 78.6 Å². The van der Waals surface area contributed by atoms with Crippen LogP contribution in [0.3, 0.4) is 0 Å². The van der Waals surface area contributed by atoms with Gasteiger partial charge >= 0.3 is 6.09 Å². The summed E-state index contributed by atoms with van der Waals surface area (Å²) in [5, 5.41) is 0. The van der Waals surface area contributed by atoms with Gasteiger partial charge in [-0.25, -0.2) is 4.79 Å². The first-order valence-corrected chi connectivity index (χ1v) is 9.19. The average Bonchev–Trinajstić information content (AvgIpc) is 2.83. The number of hydrogen-bond donors (Lipinski definition) is 0. The molecule has 2 aliphatic rings. The van der Waals surface area contributed by atoms with E-state index in [9.17, 15) is 9.59 Å². The molecule has 24 heavy (non-hydrogen) atoms. The Bertz CT molecular complexity index is 451. The molecule has 0 radical (unpaired) electrons. The lowest BCUT2D eigenvalue weighted by Crippen LogP contribution is -2.52. The molecule has 1 heterocycles. The van der Waals surface area contributed by atoms with Gasteiger partial charge in [0.2, 0.25) is 0 Å². The van der Waals surface area contributed by atoms with Gasteiger partial charge in [-0.2, -0.15) is 0 Å². The van der Waals surface area contributed by atoms with E-state index in [1.54, 1.807) is 12.0 Å². The number of likely N-dealkylation sites (tertiary alicyclic amines) is 1. The second kappa shape index (κ2) is 7.42. The van der Waals surface area contributed by atoms with Gasteiger partial charge in [0.25, 0.3) is 0 Å². The van der Waals surface area contributed by atoms with Gasteiger partial charge in [0.05, 0.1) is 12.1 Å². The molecule has 1 unspecified atom stereocenters. The maximum Gasteiger partial charge on any atom is 0.411 e. The molecule has 1 aliphatic heterocycles. The highest BCUT2D eigenvalue weighted by atomic mass is 16.6. The van der Waals surface area contributed by atoms with Crippen molar-refractivity contribution in [3.8, 4) is 0 Å². The van der Waals surface area contributed by atoms with Crippen molar-refractivity contribution < 1.29 is 19.1 Å². The zero-order chi connectivity index (χ0) is 18.0. The van der Waals surface area contributed by atoms with E-state index in [0.29, 0.717) is 12.0 Å². The summed E-state index contributed by atoms with van der Waals surface area (Å²) in [6.45, 7) is 7.70. The van der Waals surface area contributed by atoms with Gasteiger partial charge in [-0.3, -0.25) is 4.90 Å². The molecule has 0 aromatic carbocycles. The van der Waals surface area contributed by atoms with Crippen molar-refractivity contribution in [2.24, 2.45) is 5.92 Å². The summed E-state index contributed by atoms with van der Waals surface area (Å²) in [7, 11) is 1.78. The summed E-state index contributed by atoms with van der Waals surface area (Å²) in [6, 6.07) is -0.361. The molecule has 2 rings (SSSR count). The van der Waals surface area contributed by atoms with E-state index < -0.39 is 5.60 Å². The van der Waals surface area contributed by atoms with Crippen molar-refractivity contribution in [3.63, 3.8) is 0 Å². The third-order valence-corrected chi connectivity index (χ3v) is 5.49. The van der Waals surface area contributed by atoms with Crippen LogP contribution in [-0.4, -0.2) is 47.7 Å². The molecule has 2 fully saturated rings. The quantitative estimate of drug-likeness (QED) is 0.728. The van der Waals surface area contributed by atoms with Crippen molar-refractivity contribution >= 4 is 12.4 Å². The van der Waals surface area contributed by atoms with Gasteiger partial charge in [-0.1, -0.05) is 0 Å². The summed E-state index contributed by atoms with van der Waals surface area (Å²) < 4.78 is 11.0. The summed E-state index contributed by atoms with van der Waals surface area (Å²) >= 11 is 0. The van der Waals surface area contributed by atoms with Crippen molar-refractivity contribution in [2.75, 3.05) is 7.11 Å². The number of nitrogens with zero attached hydrogens (tertiary/aromatic N) is 1. The number of methoxy groups -OCH3 is 1. The number of rotatable bonds is 4. The zero-order valence-electron chi connectivity index (χ0n) is 15.8. The van der Waals surface area contributed by atoms with Gasteiger partial charge in [0, 0.05) is 12.6 Å². The monoisotopic (exact) mass is 339 g/mol. The number of carbonyl (C=O) groups is 2. The van der Waals surface area contributed by atoms with E-state index in [-0.39, 0.29) is 17.7 Å². The lowest BCUT2D eigenvalue weighted by Gasteiger charge is -2.41. The number of hydrogen-bond acceptors (Lipinski definition) is 4. The number of amides is 1. The van der Waals surface area contributed by atoms with Gasteiger partial charge in [-0.15, -0.1) is 0 Å².